The van der Waals surface area contributed by atoms with Gasteiger partial charge < -0.3 is 5.32 Å². The standard InChI is InChI=1S/C10H10Cl2FNO3S/c11-8-2-1-7(5-9(8)12)6-10(15)14-3-4-18(13,16)17/h1-2,5H,3-4,6H2,(H,14,15). The monoisotopic (exact) mass is 313 g/mol. The van der Waals surface area contributed by atoms with Crippen LogP contribution < -0.4 is 5.32 Å². The van der Waals surface area contributed by atoms with Gasteiger partial charge in [-0.05, 0) is 17.7 Å². The molecule has 0 saturated carbocycles. The molecule has 1 rings (SSSR count). The number of hydrogen-bond acceptors (Lipinski definition) is 3. The van der Waals surface area contributed by atoms with Crippen molar-refractivity contribution in [3.05, 3.63) is 33.8 Å². The van der Waals surface area contributed by atoms with Crippen LogP contribution in [0.2, 0.25) is 10.0 Å². The zero-order valence-electron chi connectivity index (χ0n) is 9.12. The normalized spacial score (nSPS) is 11.3. The SMILES string of the molecule is O=C(Cc1ccc(Cl)c(Cl)c1)NCCS(=O)(=O)F. The second-order valence-corrected chi connectivity index (χ2v) is 5.82. The van der Waals surface area contributed by atoms with Gasteiger partial charge in [0.2, 0.25) is 5.91 Å². The number of benzene rings is 1. The zero-order chi connectivity index (χ0) is 13.8. The summed E-state index contributed by atoms with van der Waals surface area (Å²) in [6.07, 6.45) is 0.0171. The smallest absolute Gasteiger partial charge is 0.304 e. The van der Waals surface area contributed by atoms with E-state index in [-0.39, 0.29) is 13.0 Å². The average molecular weight is 314 g/mol. The molecule has 0 spiro atoms. The van der Waals surface area contributed by atoms with Gasteiger partial charge >= 0.3 is 10.2 Å². The molecule has 0 aromatic heterocycles. The predicted molar refractivity (Wildman–Crippen MR) is 68.1 cm³/mol. The molecule has 1 amide bonds. The number of hydrogen-bond donors (Lipinski definition) is 1. The molecule has 0 aliphatic carbocycles. The van der Waals surface area contributed by atoms with Gasteiger partial charge in [-0.2, -0.15) is 8.42 Å². The molecule has 0 radical (unpaired) electrons. The van der Waals surface area contributed by atoms with Gasteiger partial charge in [-0.3, -0.25) is 4.79 Å². The Hall–Kier alpha value is -0.850. The molecular formula is C10H10Cl2FNO3S. The van der Waals surface area contributed by atoms with Crippen molar-refractivity contribution in [2.45, 2.75) is 6.42 Å². The van der Waals surface area contributed by atoms with Crippen LogP contribution in [0.1, 0.15) is 5.56 Å². The topological polar surface area (TPSA) is 63.2 Å². The Kier molecular flexibility index (Phi) is 5.37. The van der Waals surface area contributed by atoms with E-state index in [0.29, 0.717) is 15.6 Å². The third kappa shape index (κ3) is 5.66. The highest BCUT2D eigenvalue weighted by Gasteiger charge is 2.09. The average Bonchev–Trinajstić information content (AvgIpc) is 2.21. The molecule has 4 nitrogen and oxygen atoms in total. The molecular weight excluding hydrogens is 304 g/mol. The summed E-state index contributed by atoms with van der Waals surface area (Å²) < 4.78 is 32.6. The van der Waals surface area contributed by atoms with Crippen LogP contribution in [0.3, 0.4) is 0 Å². The Morgan fingerprint density at radius 1 is 1.28 bits per heavy atom. The van der Waals surface area contributed by atoms with Gasteiger partial charge in [0.05, 0.1) is 22.2 Å². The Bertz CT molecular complexity index is 548. The minimum Gasteiger partial charge on any atom is -0.355 e. The van der Waals surface area contributed by atoms with E-state index in [0.717, 1.165) is 0 Å². The summed E-state index contributed by atoms with van der Waals surface area (Å²) >= 11 is 11.5. The molecule has 1 aromatic rings. The van der Waals surface area contributed by atoms with E-state index >= 15 is 0 Å². The molecule has 8 heteroatoms. The molecule has 18 heavy (non-hydrogen) atoms. The van der Waals surface area contributed by atoms with Crippen LogP contribution in [0.15, 0.2) is 18.2 Å². The van der Waals surface area contributed by atoms with Crippen LogP contribution in [-0.4, -0.2) is 26.6 Å². The van der Waals surface area contributed by atoms with Crippen LogP contribution in [0.25, 0.3) is 0 Å². The molecule has 0 unspecified atom stereocenters. The van der Waals surface area contributed by atoms with E-state index in [1.807, 2.05) is 0 Å². The molecule has 0 heterocycles. The Morgan fingerprint density at radius 2 is 1.94 bits per heavy atom. The second kappa shape index (κ2) is 6.36. The zero-order valence-corrected chi connectivity index (χ0v) is 11.4. The molecule has 0 bridgehead atoms. The molecule has 0 fully saturated rings. The first-order chi connectivity index (χ1) is 8.28. The fraction of sp³-hybridized carbons (Fsp3) is 0.300. The van der Waals surface area contributed by atoms with Gasteiger partial charge in [-0.25, -0.2) is 0 Å². The van der Waals surface area contributed by atoms with E-state index in [4.69, 9.17) is 23.2 Å². The van der Waals surface area contributed by atoms with Crippen LogP contribution in [0.5, 0.6) is 0 Å². The first-order valence-corrected chi connectivity index (χ1v) is 7.22. The maximum Gasteiger partial charge on any atom is 0.304 e. The van der Waals surface area contributed by atoms with Crippen LogP contribution in [0.4, 0.5) is 3.89 Å². The summed E-state index contributed by atoms with van der Waals surface area (Å²) in [6, 6.07) is 4.72. The quantitative estimate of drug-likeness (QED) is 0.845. The summed E-state index contributed by atoms with van der Waals surface area (Å²) in [5.74, 6) is -1.16. The lowest BCUT2D eigenvalue weighted by Crippen LogP contribution is -2.29. The van der Waals surface area contributed by atoms with Gasteiger partial charge in [0, 0.05) is 6.54 Å². The summed E-state index contributed by atoms with van der Waals surface area (Å²) in [5.41, 5.74) is 0.630. The summed E-state index contributed by atoms with van der Waals surface area (Å²) in [5, 5.41) is 2.99. The number of amides is 1. The van der Waals surface area contributed by atoms with Gasteiger partial charge in [-0.15, -0.1) is 3.89 Å². The third-order valence-corrected chi connectivity index (χ3v) is 3.45. The lowest BCUT2D eigenvalue weighted by Gasteiger charge is -2.04. The second-order valence-electron chi connectivity index (χ2n) is 3.52. The highest BCUT2D eigenvalue weighted by atomic mass is 35.5. The molecule has 1 aromatic carbocycles. The predicted octanol–water partition coefficient (Wildman–Crippen LogP) is 1.95. The molecule has 0 aliphatic heterocycles. The van der Waals surface area contributed by atoms with E-state index in [9.17, 15) is 17.1 Å². The third-order valence-electron chi connectivity index (χ3n) is 2.02. The highest BCUT2D eigenvalue weighted by molar-refractivity contribution is 7.86. The first kappa shape index (κ1) is 15.2. The molecule has 0 atom stereocenters. The number of carbonyl (C=O) groups excluding carboxylic acids is 1. The van der Waals surface area contributed by atoms with Gasteiger partial charge in [0.25, 0.3) is 0 Å². The van der Waals surface area contributed by atoms with Crippen molar-refractivity contribution < 1.29 is 17.1 Å². The van der Waals surface area contributed by atoms with Gasteiger partial charge in [0.15, 0.2) is 0 Å². The summed E-state index contributed by atoms with van der Waals surface area (Å²) in [7, 11) is -4.56. The minimum absolute atomic E-state index is 0.0171. The number of halogens is 3. The minimum atomic E-state index is -4.56. The van der Waals surface area contributed by atoms with Crippen molar-refractivity contribution in [2.24, 2.45) is 0 Å². The Morgan fingerprint density at radius 3 is 2.50 bits per heavy atom. The first-order valence-electron chi connectivity index (χ1n) is 4.91. The van der Waals surface area contributed by atoms with Gasteiger partial charge in [0.1, 0.15) is 0 Å². The van der Waals surface area contributed by atoms with Crippen molar-refractivity contribution in [3.63, 3.8) is 0 Å². The summed E-state index contributed by atoms with van der Waals surface area (Å²) in [4.78, 5) is 11.4. The van der Waals surface area contributed by atoms with E-state index < -0.39 is 21.9 Å². The maximum absolute atomic E-state index is 12.2. The summed E-state index contributed by atoms with van der Waals surface area (Å²) in [6.45, 7) is -0.265. The Balaban J connectivity index is 2.47. The molecule has 1 N–H and O–H groups in total. The van der Waals surface area contributed by atoms with Crippen LogP contribution >= 0.6 is 23.2 Å². The number of nitrogens with one attached hydrogen (secondary N) is 1. The van der Waals surface area contributed by atoms with E-state index in [1.165, 1.54) is 6.07 Å². The lowest BCUT2D eigenvalue weighted by atomic mass is 10.1. The van der Waals surface area contributed by atoms with Crippen molar-refractivity contribution in [1.82, 2.24) is 5.32 Å². The van der Waals surface area contributed by atoms with E-state index in [1.54, 1.807) is 12.1 Å². The molecule has 0 aliphatic rings. The van der Waals surface area contributed by atoms with Crippen molar-refractivity contribution in [3.8, 4) is 0 Å². The maximum atomic E-state index is 12.2. The van der Waals surface area contributed by atoms with Crippen LogP contribution in [0, 0.1) is 0 Å². The van der Waals surface area contributed by atoms with Crippen LogP contribution in [-0.2, 0) is 21.4 Å². The highest BCUT2D eigenvalue weighted by Crippen LogP contribution is 2.22. The molecule has 100 valence electrons. The largest absolute Gasteiger partial charge is 0.355 e. The Labute approximate surface area is 114 Å². The molecule has 0 saturated heterocycles. The van der Waals surface area contributed by atoms with Crippen molar-refractivity contribution in [2.75, 3.05) is 12.3 Å². The van der Waals surface area contributed by atoms with Crippen molar-refractivity contribution in [1.29, 1.82) is 0 Å². The van der Waals surface area contributed by atoms with E-state index in [2.05, 4.69) is 5.32 Å². The van der Waals surface area contributed by atoms with Gasteiger partial charge in [-0.1, -0.05) is 29.3 Å². The van der Waals surface area contributed by atoms with Crippen molar-refractivity contribution >= 4 is 39.3 Å². The fourth-order valence-corrected chi connectivity index (χ4v) is 1.88. The number of rotatable bonds is 5. The number of carbonyl (C=O) groups is 1. The lowest BCUT2D eigenvalue weighted by molar-refractivity contribution is -0.120. The fourth-order valence-electron chi connectivity index (χ4n) is 1.21.